The van der Waals surface area contributed by atoms with E-state index in [0.29, 0.717) is 5.92 Å². The van der Waals surface area contributed by atoms with Crippen molar-refractivity contribution in [3.63, 3.8) is 0 Å². The molecular weight excluding hydrogens is 396 g/mol. The summed E-state index contributed by atoms with van der Waals surface area (Å²) in [6.07, 6.45) is 16.0. The first kappa shape index (κ1) is 27.7. The quantitative estimate of drug-likeness (QED) is 0.254. The van der Waals surface area contributed by atoms with Gasteiger partial charge in [0.25, 0.3) is 0 Å². The van der Waals surface area contributed by atoms with Crippen molar-refractivity contribution in [3.8, 4) is 0 Å². The van der Waals surface area contributed by atoms with E-state index in [1.807, 2.05) is 0 Å². The molecular formula is C33H52. The highest BCUT2D eigenvalue weighted by atomic mass is 14.2. The Morgan fingerprint density at radius 3 is 1.15 bits per heavy atom. The summed E-state index contributed by atoms with van der Waals surface area (Å²) in [5.74, 6) is 0.563. The van der Waals surface area contributed by atoms with E-state index in [2.05, 4.69) is 72.7 Å². The summed E-state index contributed by atoms with van der Waals surface area (Å²) in [4.78, 5) is 0. The molecule has 2 rings (SSSR count). The third kappa shape index (κ3) is 7.73. The first-order valence-electron chi connectivity index (χ1n) is 14.3. The zero-order valence-corrected chi connectivity index (χ0v) is 23.1. The molecule has 0 amide bonds. The average Bonchev–Trinajstić information content (AvgIpc) is 2.78. The van der Waals surface area contributed by atoms with Crippen molar-refractivity contribution in [3.05, 3.63) is 68.8 Å². The topological polar surface area (TPSA) is 0 Å². The molecule has 0 aliphatic heterocycles. The third-order valence-corrected chi connectivity index (χ3v) is 7.14. The summed E-state index contributed by atoms with van der Waals surface area (Å²) in [5.41, 5.74) is 13.0. The van der Waals surface area contributed by atoms with Crippen molar-refractivity contribution in [1.29, 1.82) is 0 Å². The van der Waals surface area contributed by atoms with Gasteiger partial charge in [0.05, 0.1) is 0 Å². The van der Waals surface area contributed by atoms with Crippen LogP contribution in [0, 0.1) is 0 Å². The van der Waals surface area contributed by atoms with Crippen LogP contribution in [-0.2, 0) is 44.9 Å². The standard InChI is InChI=1S/C33H52/c1-8-14-27-21-26(22-28(15-9-2)32(27)18-12-5)20-25(7)31-23-29(16-10-3)33(19-13-6)30(24-31)17-11-4/h21-25H,8-20H2,1-7H3. The van der Waals surface area contributed by atoms with E-state index in [4.69, 9.17) is 0 Å². The van der Waals surface area contributed by atoms with Gasteiger partial charge >= 0.3 is 0 Å². The predicted octanol–water partition coefficient (Wildman–Crippen LogP) is 9.75. The van der Waals surface area contributed by atoms with Crippen LogP contribution < -0.4 is 0 Å². The zero-order valence-electron chi connectivity index (χ0n) is 23.1. The van der Waals surface area contributed by atoms with Gasteiger partial charge in [0.15, 0.2) is 0 Å². The minimum atomic E-state index is 0.563. The van der Waals surface area contributed by atoms with Crippen molar-refractivity contribution >= 4 is 0 Å². The van der Waals surface area contributed by atoms with Crippen LogP contribution in [0.25, 0.3) is 0 Å². The summed E-state index contributed by atoms with van der Waals surface area (Å²) in [6.45, 7) is 16.4. The molecule has 0 saturated heterocycles. The smallest absolute Gasteiger partial charge is 0.0150 e. The third-order valence-electron chi connectivity index (χ3n) is 7.14. The van der Waals surface area contributed by atoms with Crippen molar-refractivity contribution in [2.24, 2.45) is 0 Å². The van der Waals surface area contributed by atoms with E-state index in [9.17, 15) is 0 Å². The maximum absolute atomic E-state index is 2.57. The Morgan fingerprint density at radius 1 is 0.485 bits per heavy atom. The molecule has 1 unspecified atom stereocenters. The Labute approximate surface area is 206 Å². The molecule has 184 valence electrons. The summed E-state index contributed by atoms with van der Waals surface area (Å²) in [7, 11) is 0. The summed E-state index contributed by atoms with van der Waals surface area (Å²) < 4.78 is 0. The first-order chi connectivity index (χ1) is 16.0. The van der Waals surface area contributed by atoms with Crippen LogP contribution in [0.3, 0.4) is 0 Å². The Bertz CT molecular complexity index is 787. The lowest BCUT2D eigenvalue weighted by Crippen LogP contribution is -2.08. The molecule has 0 radical (unpaired) electrons. The minimum Gasteiger partial charge on any atom is -0.0651 e. The fourth-order valence-corrected chi connectivity index (χ4v) is 5.68. The molecule has 0 aromatic heterocycles. The second-order valence-electron chi connectivity index (χ2n) is 10.3. The monoisotopic (exact) mass is 448 g/mol. The molecule has 2 aromatic carbocycles. The van der Waals surface area contributed by atoms with Gasteiger partial charge in [0.2, 0.25) is 0 Å². The van der Waals surface area contributed by atoms with Gasteiger partial charge < -0.3 is 0 Å². The predicted molar refractivity (Wildman–Crippen MR) is 149 cm³/mol. The molecule has 0 aliphatic carbocycles. The molecule has 0 aliphatic rings. The second-order valence-corrected chi connectivity index (χ2v) is 10.3. The SMILES string of the molecule is CCCc1cc(CC(C)c2cc(CCC)c(CCC)c(CCC)c2)cc(CCC)c1CCC. The number of hydrogen-bond acceptors (Lipinski definition) is 0. The molecule has 0 saturated carbocycles. The molecule has 0 nitrogen and oxygen atoms in total. The van der Waals surface area contributed by atoms with Gasteiger partial charge in [-0.25, -0.2) is 0 Å². The normalized spacial score (nSPS) is 12.3. The summed E-state index contributed by atoms with van der Waals surface area (Å²) in [6, 6.07) is 10.3. The molecule has 0 heterocycles. The van der Waals surface area contributed by atoms with E-state index >= 15 is 0 Å². The van der Waals surface area contributed by atoms with Gasteiger partial charge in [-0.3, -0.25) is 0 Å². The fraction of sp³-hybridized carbons (Fsp3) is 0.636. The second kappa shape index (κ2) is 14.6. The number of rotatable bonds is 15. The fourth-order valence-electron chi connectivity index (χ4n) is 5.68. The molecule has 1 atom stereocenters. The zero-order chi connectivity index (χ0) is 24.2. The average molecular weight is 449 g/mol. The molecule has 2 aromatic rings. The highest BCUT2D eigenvalue weighted by molar-refractivity contribution is 5.43. The van der Waals surface area contributed by atoms with Gasteiger partial charge in [-0.1, -0.05) is 111 Å². The van der Waals surface area contributed by atoms with E-state index < -0.39 is 0 Å². The lowest BCUT2D eigenvalue weighted by molar-refractivity contribution is 0.739. The van der Waals surface area contributed by atoms with Crippen molar-refractivity contribution in [2.75, 3.05) is 0 Å². The van der Waals surface area contributed by atoms with Gasteiger partial charge in [0.1, 0.15) is 0 Å². The van der Waals surface area contributed by atoms with E-state index in [1.165, 1.54) is 77.0 Å². The van der Waals surface area contributed by atoms with E-state index in [0.717, 1.165) is 6.42 Å². The van der Waals surface area contributed by atoms with Crippen LogP contribution in [-0.4, -0.2) is 0 Å². The van der Waals surface area contributed by atoms with Crippen LogP contribution in [0.4, 0.5) is 0 Å². The van der Waals surface area contributed by atoms with Gasteiger partial charge in [-0.15, -0.1) is 0 Å². The lowest BCUT2D eigenvalue weighted by atomic mass is 9.83. The van der Waals surface area contributed by atoms with Crippen molar-refractivity contribution in [2.45, 2.75) is 138 Å². The lowest BCUT2D eigenvalue weighted by Gasteiger charge is -2.22. The van der Waals surface area contributed by atoms with Crippen molar-refractivity contribution in [1.82, 2.24) is 0 Å². The molecule has 0 spiro atoms. The Kier molecular flexibility index (Phi) is 12.3. The van der Waals surface area contributed by atoms with Gasteiger partial charge in [0, 0.05) is 0 Å². The van der Waals surface area contributed by atoms with E-state index in [1.54, 1.807) is 44.5 Å². The summed E-state index contributed by atoms with van der Waals surface area (Å²) in [5, 5.41) is 0. The molecule has 0 N–H and O–H groups in total. The number of hydrogen-bond donors (Lipinski definition) is 0. The molecule has 33 heavy (non-hydrogen) atoms. The van der Waals surface area contributed by atoms with Crippen LogP contribution in [0.2, 0.25) is 0 Å². The molecule has 0 heteroatoms. The largest absolute Gasteiger partial charge is 0.0651 e. The number of aryl methyl sites for hydroxylation is 4. The van der Waals surface area contributed by atoms with Gasteiger partial charge in [-0.05, 0) is 95.4 Å². The highest BCUT2D eigenvalue weighted by Crippen LogP contribution is 2.30. The van der Waals surface area contributed by atoms with Crippen LogP contribution >= 0.6 is 0 Å². The number of benzene rings is 2. The first-order valence-corrected chi connectivity index (χ1v) is 14.3. The maximum Gasteiger partial charge on any atom is -0.0150 e. The minimum absolute atomic E-state index is 0.563. The molecule has 0 bridgehead atoms. The highest BCUT2D eigenvalue weighted by Gasteiger charge is 2.16. The van der Waals surface area contributed by atoms with Crippen LogP contribution in [0.5, 0.6) is 0 Å². The van der Waals surface area contributed by atoms with Crippen LogP contribution in [0.1, 0.15) is 137 Å². The van der Waals surface area contributed by atoms with Crippen molar-refractivity contribution < 1.29 is 0 Å². The van der Waals surface area contributed by atoms with E-state index in [-0.39, 0.29) is 0 Å². The summed E-state index contributed by atoms with van der Waals surface area (Å²) >= 11 is 0. The Hall–Kier alpha value is -1.56. The Morgan fingerprint density at radius 2 is 0.818 bits per heavy atom. The maximum atomic E-state index is 2.57. The van der Waals surface area contributed by atoms with Gasteiger partial charge in [-0.2, -0.15) is 0 Å². The Balaban J connectivity index is 2.44. The molecule has 0 fully saturated rings. The van der Waals surface area contributed by atoms with Crippen LogP contribution in [0.15, 0.2) is 24.3 Å².